The summed E-state index contributed by atoms with van der Waals surface area (Å²) in [5.74, 6) is -1.44. The van der Waals surface area contributed by atoms with Crippen molar-refractivity contribution < 1.29 is 19.4 Å². The molecule has 1 atom stereocenters. The average molecular weight is 263 g/mol. The minimum atomic E-state index is -1.52. The highest BCUT2D eigenvalue weighted by Crippen LogP contribution is 2.17. The second-order valence-corrected chi connectivity index (χ2v) is 5.82. The lowest BCUT2D eigenvalue weighted by Crippen LogP contribution is -2.42. The van der Waals surface area contributed by atoms with E-state index in [-0.39, 0.29) is 18.8 Å². The van der Waals surface area contributed by atoms with Crippen LogP contribution in [-0.2, 0) is 14.3 Å². The number of carboxylic acid groups (broad SMARTS) is 1. The van der Waals surface area contributed by atoms with Crippen LogP contribution in [0.1, 0.15) is 46.5 Å². The molecule has 0 radical (unpaired) electrons. The fourth-order valence-electron chi connectivity index (χ4n) is 1.16. The van der Waals surface area contributed by atoms with Crippen LogP contribution in [0.5, 0.6) is 0 Å². The van der Waals surface area contributed by atoms with E-state index in [1.165, 1.54) is 0 Å². The van der Waals surface area contributed by atoms with Crippen molar-refractivity contribution in [2.24, 2.45) is 5.73 Å². The number of ether oxygens (including phenoxy) is 1. The molecule has 6 heteroatoms. The third-order valence-electron chi connectivity index (χ3n) is 1.98. The summed E-state index contributed by atoms with van der Waals surface area (Å²) >= 11 is 3.84. The van der Waals surface area contributed by atoms with E-state index >= 15 is 0 Å². The summed E-state index contributed by atoms with van der Waals surface area (Å²) < 4.78 is 5.11. The molecule has 0 aromatic heterocycles. The van der Waals surface area contributed by atoms with Gasteiger partial charge in [-0.25, -0.2) is 4.79 Å². The van der Waals surface area contributed by atoms with Gasteiger partial charge in [0.15, 0.2) is 4.87 Å². The summed E-state index contributed by atoms with van der Waals surface area (Å²) in [7, 11) is 0. The number of carbonyl (C=O) groups excluding carboxylic acids is 1. The molecule has 0 bridgehead atoms. The van der Waals surface area contributed by atoms with Crippen LogP contribution in [0.2, 0.25) is 0 Å². The molecule has 0 spiro atoms. The number of hydrogen-bond acceptors (Lipinski definition) is 5. The number of nitrogens with two attached hydrogens (primary N) is 1. The van der Waals surface area contributed by atoms with Crippen LogP contribution in [-0.4, -0.2) is 27.5 Å². The maximum Gasteiger partial charge on any atom is 0.333 e. The first-order valence-corrected chi connectivity index (χ1v) is 5.96. The number of hydrogen-bond donors (Lipinski definition) is 3. The molecule has 0 fully saturated rings. The van der Waals surface area contributed by atoms with Gasteiger partial charge in [0.25, 0.3) is 0 Å². The van der Waals surface area contributed by atoms with Crippen molar-refractivity contribution in [3.63, 3.8) is 0 Å². The van der Waals surface area contributed by atoms with E-state index in [0.29, 0.717) is 12.8 Å². The van der Waals surface area contributed by atoms with Gasteiger partial charge in [0.05, 0.1) is 0 Å². The normalized spacial score (nSPS) is 15.1. The molecule has 0 aliphatic heterocycles. The number of thiol groups is 1. The number of esters is 1. The fourth-order valence-corrected chi connectivity index (χ4v) is 1.32. The van der Waals surface area contributed by atoms with Crippen LogP contribution in [0.25, 0.3) is 0 Å². The van der Waals surface area contributed by atoms with Crippen LogP contribution >= 0.6 is 12.6 Å². The Balaban J connectivity index is 3.80. The SMILES string of the molecule is CC(C)(C)OC(=O)CCCCC(N)(S)C(=O)O. The Morgan fingerprint density at radius 1 is 1.29 bits per heavy atom. The molecule has 5 nitrogen and oxygen atoms in total. The largest absolute Gasteiger partial charge is 0.479 e. The molecule has 0 rings (SSSR count). The molecule has 0 aromatic rings. The second-order valence-electron chi connectivity index (χ2n) is 5.02. The van der Waals surface area contributed by atoms with E-state index in [1.54, 1.807) is 20.8 Å². The van der Waals surface area contributed by atoms with E-state index in [0.717, 1.165) is 0 Å². The smallest absolute Gasteiger partial charge is 0.333 e. The van der Waals surface area contributed by atoms with Crippen LogP contribution in [0.4, 0.5) is 0 Å². The Bertz CT molecular complexity index is 284. The Morgan fingerprint density at radius 2 is 1.82 bits per heavy atom. The average Bonchev–Trinajstić information content (AvgIpc) is 2.09. The molecule has 0 saturated carbocycles. The topological polar surface area (TPSA) is 89.6 Å². The van der Waals surface area contributed by atoms with E-state index in [9.17, 15) is 9.59 Å². The van der Waals surface area contributed by atoms with Crippen LogP contribution < -0.4 is 5.73 Å². The summed E-state index contributed by atoms with van der Waals surface area (Å²) in [4.78, 5) is 20.5. The summed E-state index contributed by atoms with van der Waals surface area (Å²) in [6, 6.07) is 0. The van der Waals surface area contributed by atoms with E-state index in [1.807, 2.05) is 0 Å². The summed E-state index contributed by atoms with van der Waals surface area (Å²) in [6.07, 6.45) is 1.54. The number of carboxylic acids is 1. The van der Waals surface area contributed by atoms with Crippen molar-refractivity contribution in [2.45, 2.75) is 56.9 Å². The zero-order valence-corrected chi connectivity index (χ0v) is 11.4. The quantitative estimate of drug-likeness (QED) is 0.293. The molecule has 1 unspecified atom stereocenters. The van der Waals surface area contributed by atoms with Gasteiger partial charge in [-0.3, -0.25) is 4.79 Å². The molecule has 0 saturated heterocycles. The van der Waals surface area contributed by atoms with Crippen molar-refractivity contribution in [3.05, 3.63) is 0 Å². The lowest BCUT2D eigenvalue weighted by molar-refractivity contribution is -0.154. The van der Waals surface area contributed by atoms with Gasteiger partial charge >= 0.3 is 11.9 Å². The van der Waals surface area contributed by atoms with Crippen molar-refractivity contribution in [1.82, 2.24) is 0 Å². The van der Waals surface area contributed by atoms with Crippen LogP contribution in [0.3, 0.4) is 0 Å². The summed E-state index contributed by atoms with van der Waals surface area (Å²) in [6.45, 7) is 5.40. The van der Waals surface area contributed by atoms with Gasteiger partial charge in [0.1, 0.15) is 5.60 Å². The van der Waals surface area contributed by atoms with E-state index in [2.05, 4.69) is 12.6 Å². The Hall–Kier alpha value is -0.750. The minimum absolute atomic E-state index is 0.217. The third kappa shape index (κ3) is 8.04. The summed E-state index contributed by atoms with van der Waals surface area (Å²) in [5, 5.41) is 8.71. The highest BCUT2D eigenvalue weighted by atomic mass is 32.1. The van der Waals surface area contributed by atoms with Crippen molar-refractivity contribution in [1.29, 1.82) is 0 Å². The number of carbonyl (C=O) groups is 2. The van der Waals surface area contributed by atoms with Gasteiger partial charge < -0.3 is 15.6 Å². The predicted octanol–water partition coefficient (Wildman–Crippen LogP) is 1.56. The lowest BCUT2D eigenvalue weighted by atomic mass is 10.1. The van der Waals surface area contributed by atoms with Gasteiger partial charge in [0, 0.05) is 6.42 Å². The standard InChI is InChI=1S/C11H21NO4S/c1-10(2,3)16-8(13)6-4-5-7-11(12,17)9(14)15/h17H,4-7,12H2,1-3H3,(H,14,15). The zero-order valence-electron chi connectivity index (χ0n) is 10.5. The molecule has 17 heavy (non-hydrogen) atoms. The molecule has 0 amide bonds. The minimum Gasteiger partial charge on any atom is -0.479 e. The fraction of sp³-hybridized carbons (Fsp3) is 0.818. The predicted molar refractivity (Wildman–Crippen MR) is 67.9 cm³/mol. The molecule has 0 heterocycles. The lowest BCUT2D eigenvalue weighted by Gasteiger charge is -2.20. The first-order chi connectivity index (χ1) is 7.54. The van der Waals surface area contributed by atoms with Gasteiger partial charge in [-0.1, -0.05) is 0 Å². The molecule has 100 valence electrons. The number of rotatable bonds is 6. The maximum atomic E-state index is 11.3. The highest BCUT2D eigenvalue weighted by Gasteiger charge is 2.28. The Labute approximate surface area is 107 Å². The molecular weight excluding hydrogens is 242 g/mol. The van der Waals surface area contributed by atoms with Gasteiger partial charge in [-0.15, -0.1) is 12.6 Å². The second kappa shape index (κ2) is 6.26. The Morgan fingerprint density at radius 3 is 2.24 bits per heavy atom. The van der Waals surface area contributed by atoms with Crippen LogP contribution in [0, 0.1) is 0 Å². The monoisotopic (exact) mass is 263 g/mol. The number of unbranched alkanes of at least 4 members (excludes halogenated alkanes) is 1. The highest BCUT2D eigenvalue weighted by molar-refractivity contribution is 7.82. The first-order valence-electron chi connectivity index (χ1n) is 5.51. The Kier molecular flexibility index (Phi) is 5.98. The zero-order chi connectivity index (χ0) is 13.7. The number of aliphatic carboxylic acids is 1. The van der Waals surface area contributed by atoms with Crippen LogP contribution in [0.15, 0.2) is 0 Å². The van der Waals surface area contributed by atoms with Crippen molar-refractivity contribution in [3.8, 4) is 0 Å². The molecule has 3 N–H and O–H groups in total. The summed E-state index contributed by atoms with van der Waals surface area (Å²) in [5.41, 5.74) is 4.94. The third-order valence-corrected chi connectivity index (χ3v) is 2.39. The molecular formula is C11H21NO4S. The van der Waals surface area contributed by atoms with Crippen molar-refractivity contribution >= 4 is 24.6 Å². The molecule has 0 aliphatic rings. The van der Waals surface area contributed by atoms with Gasteiger partial charge in [-0.05, 0) is 40.0 Å². The molecule has 0 aliphatic carbocycles. The van der Waals surface area contributed by atoms with Gasteiger partial charge in [0.2, 0.25) is 0 Å². The molecule has 0 aromatic carbocycles. The maximum absolute atomic E-state index is 11.3. The van der Waals surface area contributed by atoms with Crippen molar-refractivity contribution in [2.75, 3.05) is 0 Å². The van der Waals surface area contributed by atoms with E-state index in [4.69, 9.17) is 15.6 Å². The first kappa shape index (κ1) is 16.2. The van der Waals surface area contributed by atoms with Gasteiger partial charge in [-0.2, -0.15) is 0 Å². The van der Waals surface area contributed by atoms with E-state index < -0.39 is 16.4 Å².